The Morgan fingerprint density at radius 2 is 1.49 bits per heavy atom. The molecule has 0 aliphatic heterocycles. The van der Waals surface area contributed by atoms with Crippen molar-refractivity contribution in [1.82, 2.24) is 10.0 Å². The van der Waals surface area contributed by atoms with Gasteiger partial charge < -0.3 is 10.1 Å². The molecule has 2 N–H and O–H groups in total. The third-order valence-electron chi connectivity index (χ3n) is 6.50. The van der Waals surface area contributed by atoms with E-state index in [9.17, 15) is 13.2 Å². The van der Waals surface area contributed by atoms with Crippen molar-refractivity contribution in [2.24, 2.45) is 0 Å². The zero-order valence-corrected chi connectivity index (χ0v) is 22.9. The fourth-order valence-corrected chi connectivity index (χ4v) is 6.72. The van der Waals surface area contributed by atoms with Crippen molar-refractivity contribution >= 4 is 37.4 Å². The smallest absolute Gasteiger partial charge is 0.241 e. The lowest BCUT2D eigenvalue weighted by Crippen LogP contribution is -2.48. The van der Waals surface area contributed by atoms with Gasteiger partial charge in [-0.15, -0.1) is 11.3 Å². The van der Waals surface area contributed by atoms with Crippen LogP contribution in [0.2, 0.25) is 0 Å². The third kappa shape index (κ3) is 6.20. The van der Waals surface area contributed by atoms with E-state index in [1.54, 1.807) is 23.5 Å². The molecule has 0 aliphatic rings. The van der Waals surface area contributed by atoms with Crippen molar-refractivity contribution in [1.29, 1.82) is 0 Å². The molecule has 0 saturated carbocycles. The number of ether oxygens (including phenoxy) is 1. The summed E-state index contributed by atoms with van der Waals surface area (Å²) in [6.07, 6.45) is 0.190. The number of carbonyl (C=O) groups is 1. The molecule has 39 heavy (non-hydrogen) atoms. The number of hydrogen-bond donors (Lipinski definition) is 2. The Hall–Kier alpha value is -3.98. The van der Waals surface area contributed by atoms with Crippen molar-refractivity contribution in [3.05, 3.63) is 131 Å². The van der Waals surface area contributed by atoms with E-state index in [0.717, 1.165) is 26.8 Å². The molecule has 0 fully saturated rings. The SMILES string of the molecule is COc1cccc(S(=O)(=O)N[C@H](Cc2csc3ccccc23)C(=O)NC(c2ccccc2)c2ccccc2)c1. The molecule has 4 aromatic carbocycles. The summed E-state index contributed by atoms with van der Waals surface area (Å²) in [5, 5.41) is 6.11. The summed E-state index contributed by atoms with van der Waals surface area (Å²) in [4.78, 5) is 14.0. The monoisotopic (exact) mass is 556 g/mol. The van der Waals surface area contributed by atoms with E-state index >= 15 is 0 Å². The van der Waals surface area contributed by atoms with Gasteiger partial charge in [0.05, 0.1) is 18.0 Å². The van der Waals surface area contributed by atoms with Gasteiger partial charge in [0.2, 0.25) is 15.9 Å². The molecule has 0 unspecified atom stereocenters. The maximum absolute atomic E-state index is 13.9. The minimum atomic E-state index is -4.05. The van der Waals surface area contributed by atoms with E-state index in [1.807, 2.05) is 90.3 Å². The molecule has 1 heterocycles. The number of hydrogen-bond acceptors (Lipinski definition) is 5. The number of carbonyl (C=O) groups excluding carboxylic acids is 1. The Bertz CT molecular complexity index is 1630. The van der Waals surface area contributed by atoms with Gasteiger partial charge in [-0.25, -0.2) is 8.42 Å². The molecule has 8 heteroatoms. The summed E-state index contributed by atoms with van der Waals surface area (Å²) in [5.74, 6) is -0.00890. The standard InChI is InChI=1S/C31H28N2O4S2/c1-37-25-15-10-16-26(20-25)39(35,36)33-28(19-24-21-38-29-18-9-8-17-27(24)29)31(34)32-30(22-11-4-2-5-12-22)23-13-6-3-7-14-23/h2-18,20-21,28,30,33H,19H2,1H3,(H,32,34)/t28-/m1/s1. The molecule has 6 nitrogen and oxygen atoms in total. The van der Waals surface area contributed by atoms with Crippen LogP contribution < -0.4 is 14.8 Å². The Morgan fingerprint density at radius 3 is 2.15 bits per heavy atom. The molecule has 0 aliphatic carbocycles. The van der Waals surface area contributed by atoms with E-state index in [-0.39, 0.29) is 11.3 Å². The Labute approximate surface area is 232 Å². The van der Waals surface area contributed by atoms with E-state index in [1.165, 1.54) is 19.2 Å². The van der Waals surface area contributed by atoms with Gasteiger partial charge in [0.25, 0.3) is 0 Å². The summed E-state index contributed by atoms with van der Waals surface area (Å²) in [6, 6.07) is 31.9. The summed E-state index contributed by atoms with van der Waals surface area (Å²) in [5.41, 5.74) is 2.69. The van der Waals surface area contributed by atoms with Crippen LogP contribution in [0.1, 0.15) is 22.7 Å². The van der Waals surface area contributed by atoms with Crippen molar-refractivity contribution in [2.75, 3.05) is 7.11 Å². The van der Waals surface area contributed by atoms with Gasteiger partial charge in [0, 0.05) is 10.8 Å². The number of fused-ring (bicyclic) bond motifs is 1. The summed E-state index contributed by atoms with van der Waals surface area (Å²) in [6.45, 7) is 0. The van der Waals surface area contributed by atoms with Crippen LogP contribution in [0.5, 0.6) is 5.75 Å². The lowest BCUT2D eigenvalue weighted by Gasteiger charge is -2.24. The first-order chi connectivity index (χ1) is 18.9. The van der Waals surface area contributed by atoms with Gasteiger partial charge in [-0.3, -0.25) is 4.79 Å². The first-order valence-corrected chi connectivity index (χ1v) is 14.8. The second-order valence-corrected chi connectivity index (χ2v) is 11.7. The topological polar surface area (TPSA) is 84.5 Å². The highest BCUT2D eigenvalue weighted by molar-refractivity contribution is 7.89. The van der Waals surface area contributed by atoms with E-state index in [4.69, 9.17) is 4.74 Å². The molecule has 0 spiro atoms. The predicted octanol–water partition coefficient (Wildman–Crippen LogP) is 5.71. The van der Waals surface area contributed by atoms with E-state index in [2.05, 4.69) is 10.0 Å². The van der Waals surface area contributed by atoms with Crippen LogP contribution in [0.3, 0.4) is 0 Å². The van der Waals surface area contributed by atoms with Crippen LogP contribution in [0.4, 0.5) is 0 Å². The van der Waals surface area contributed by atoms with Crippen LogP contribution >= 0.6 is 11.3 Å². The van der Waals surface area contributed by atoms with Gasteiger partial charge in [0.15, 0.2) is 0 Å². The maximum Gasteiger partial charge on any atom is 0.241 e. The molecule has 1 atom stereocenters. The van der Waals surface area contributed by atoms with Gasteiger partial charge in [-0.1, -0.05) is 84.9 Å². The van der Waals surface area contributed by atoms with Crippen molar-refractivity contribution in [3.63, 3.8) is 0 Å². The maximum atomic E-state index is 13.9. The predicted molar refractivity (Wildman–Crippen MR) is 156 cm³/mol. The van der Waals surface area contributed by atoms with Crippen LogP contribution in [-0.2, 0) is 21.2 Å². The molecule has 0 saturated heterocycles. The molecular formula is C31H28N2O4S2. The fraction of sp³-hybridized carbons (Fsp3) is 0.129. The number of amides is 1. The van der Waals surface area contributed by atoms with Crippen LogP contribution in [0, 0.1) is 0 Å². The molecule has 0 radical (unpaired) electrons. The normalized spacial score (nSPS) is 12.4. The third-order valence-corrected chi connectivity index (χ3v) is 8.98. The zero-order valence-electron chi connectivity index (χ0n) is 21.3. The number of benzene rings is 4. The van der Waals surface area contributed by atoms with Gasteiger partial charge in [0.1, 0.15) is 11.8 Å². The number of rotatable bonds is 10. The average molecular weight is 557 g/mol. The van der Waals surface area contributed by atoms with Crippen LogP contribution in [0.25, 0.3) is 10.1 Å². The summed E-state index contributed by atoms with van der Waals surface area (Å²) >= 11 is 1.57. The highest BCUT2D eigenvalue weighted by Crippen LogP contribution is 2.28. The summed E-state index contributed by atoms with van der Waals surface area (Å²) < 4.78 is 36.0. The van der Waals surface area contributed by atoms with E-state index < -0.39 is 28.0 Å². The minimum Gasteiger partial charge on any atom is -0.497 e. The fourth-order valence-electron chi connectivity index (χ4n) is 4.52. The molecule has 5 rings (SSSR count). The van der Waals surface area contributed by atoms with Gasteiger partial charge in [-0.05, 0) is 52.1 Å². The van der Waals surface area contributed by atoms with Gasteiger partial charge in [-0.2, -0.15) is 4.72 Å². The zero-order chi connectivity index (χ0) is 27.2. The first kappa shape index (κ1) is 26.6. The lowest BCUT2D eigenvalue weighted by atomic mass is 9.97. The number of nitrogens with one attached hydrogen (secondary N) is 2. The molecule has 1 aromatic heterocycles. The minimum absolute atomic E-state index is 0.0255. The number of methoxy groups -OCH3 is 1. The second-order valence-electron chi connectivity index (χ2n) is 9.08. The van der Waals surface area contributed by atoms with Crippen molar-refractivity contribution < 1.29 is 17.9 Å². The molecule has 0 bridgehead atoms. The quantitative estimate of drug-likeness (QED) is 0.231. The van der Waals surface area contributed by atoms with Crippen LogP contribution in [-0.4, -0.2) is 27.5 Å². The largest absolute Gasteiger partial charge is 0.497 e. The number of thiophene rings is 1. The van der Waals surface area contributed by atoms with Crippen molar-refractivity contribution in [2.45, 2.75) is 23.4 Å². The Balaban J connectivity index is 1.50. The molecule has 198 valence electrons. The van der Waals surface area contributed by atoms with Gasteiger partial charge >= 0.3 is 0 Å². The number of sulfonamides is 1. The van der Waals surface area contributed by atoms with Crippen molar-refractivity contribution in [3.8, 4) is 5.75 Å². The second kappa shape index (κ2) is 11.8. The Morgan fingerprint density at radius 1 is 0.846 bits per heavy atom. The summed E-state index contributed by atoms with van der Waals surface area (Å²) in [7, 11) is -2.57. The highest BCUT2D eigenvalue weighted by Gasteiger charge is 2.29. The molecule has 1 amide bonds. The first-order valence-electron chi connectivity index (χ1n) is 12.5. The Kier molecular flexibility index (Phi) is 8.07. The molecule has 5 aromatic rings. The lowest BCUT2D eigenvalue weighted by molar-refractivity contribution is -0.123. The highest BCUT2D eigenvalue weighted by atomic mass is 32.2. The molecular weight excluding hydrogens is 528 g/mol. The van der Waals surface area contributed by atoms with Crippen LogP contribution in [0.15, 0.2) is 119 Å². The van der Waals surface area contributed by atoms with E-state index in [0.29, 0.717) is 5.75 Å². The average Bonchev–Trinajstić information content (AvgIpc) is 3.39.